The Bertz CT molecular complexity index is 949. The monoisotopic (exact) mass is 286 g/mol. The van der Waals surface area contributed by atoms with Crippen LogP contribution in [0.1, 0.15) is 10.4 Å². The number of benzene rings is 2. The number of pyridine rings is 1. The zero-order valence-electron chi connectivity index (χ0n) is 10.3. The lowest BCUT2D eigenvalue weighted by Crippen LogP contribution is -2.23. The van der Waals surface area contributed by atoms with E-state index in [0.29, 0.717) is 10.9 Å². The normalized spacial score (nSPS) is 11.8. The smallest absolute Gasteiger partial charge is 0.274 e. The van der Waals surface area contributed by atoms with Crippen molar-refractivity contribution in [3.8, 4) is 0 Å². The quantitative estimate of drug-likeness (QED) is 0.691. The fourth-order valence-electron chi connectivity index (χ4n) is 2.13. The van der Waals surface area contributed by atoms with Crippen LogP contribution in [0.3, 0.4) is 0 Å². The molecule has 0 unspecified atom stereocenters. The number of aromatic nitrogens is 1. The summed E-state index contributed by atoms with van der Waals surface area (Å²) in [5.41, 5.74) is 1.38. The minimum absolute atomic E-state index is 0.0447. The summed E-state index contributed by atoms with van der Waals surface area (Å²) in [7, 11) is -4.27. The number of nitrogens with zero attached hydrogens (tertiary/aromatic N) is 1. The second-order valence-electron chi connectivity index (χ2n) is 4.39. The highest BCUT2D eigenvalue weighted by Crippen LogP contribution is 2.23. The van der Waals surface area contributed by atoms with Gasteiger partial charge in [0.05, 0.1) is 11.0 Å². The van der Waals surface area contributed by atoms with Gasteiger partial charge in [0.1, 0.15) is 0 Å². The first-order valence-electron chi connectivity index (χ1n) is 5.82. The zero-order valence-corrected chi connectivity index (χ0v) is 11.1. The topological polar surface area (TPSA) is 90.1 Å². The number of fused-ring (bicyclic) bond motifs is 2. The molecule has 5 nitrogen and oxygen atoms in total. The first-order chi connectivity index (χ1) is 9.47. The fourth-order valence-corrected chi connectivity index (χ4v) is 2.61. The van der Waals surface area contributed by atoms with Crippen molar-refractivity contribution in [1.29, 1.82) is 0 Å². The Hall–Kier alpha value is -2.31. The third-order valence-corrected chi connectivity index (χ3v) is 3.78. The molecule has 1 heterocycles. The van der Waals surface area contributed by atoms with Gasteiger partial charge in [0.15, 0.2) is 0 Å². The highest BCUT2D eigenvalue weighted by molar-refractivity contribution is 8.04. The van der Waals surface area contributed by atoms with E-state index in [1.54, 1.807) is 18.2 Å². The van der Waals surface area contributed by atoms with Gasteiger partial charge in [0, 0.05) is 16.3 Å². The number of primary sulfonamides is 1. The zero-order chi connectivity index (χ0) is 14.3. The van der Waals surface area contributed by atoms with Crippen molar-refractivity contribution >= 4 is 36.9 Å². The van der Waals surface area contributed by atoms with E-state index < -0.39 is 15.1 Å². The molecule has 0 spiro atoms. The standard InChI is InChI=1S/C14H10N2O3S/c15-20(18,19)14(17)10-5-3-7-13-11(10)8-9-4-1-2-6-12(9)16-13/h1-8H,(H2,15,18,19). The average Bonchev–Trinajstić information content (AvgIpc) is 2.42. The van der Waals surface area contributed by atoms with Crippen molar-refractivity contribution in [2.24, 2.45) is 5.14 Å². The second kappa shape index (κ2) is 4.36. The maximum atomic E-state index is 11.9. The first kappa shape index (κ1) is 12.7. The summed E-state index contributed by atoms with van der Waals surface area (Å²) in [6.45, 7) is 0. The van der Waals surface area contributed by atoms with Crippen LogP contribution in [0.15, 0.2) is 48.5 Å². The van der Waals surface area contributed by atoms with Crippen molar-refractivity contribution in [3.63, 3.8) is 0 Å². The van der Waals surface area contributed by atoms with Crippen molar-refractivity contribution in [2.75, 3.05) is 0 Å². The van der Waals surface area contributed by atoms with E-state index in [9.17, 15) is 13.2 Å². The molecule has 6 heteroatoms. The molecular formula is C14H10N2O3S. The SMILES string of the molecule is NS(=O)(=O)C(=O)c1cccc2nc3ccccc3cc12. The Kier molecular flexibility index (Phi) is 2.77. The predicted molar refractivity (Wildman–Crippen MR) is 76.7 cm³/mol. The maximum absolute atomic E-state index is 11.9. The van der Waals surface area contributed by atoms with E-state index in [1.807, 2.05) is 24.3 Å². The first-order valence-corrected chi connectivity index (χ1v) is 7.37. The molecule has 0 radical (unpaired) electrons. The van der Waals surface area contributed by atoms with Gasteiger partial charge in [0.25, 0.3) is 15.1 Å². The van der Waals surface area contributed by atoms with Gasteiger partial charge in [0.2, 0.25) is 0 Å². The largest absolute Gasteiger partial charge is 0.292 e. The molecule has 0 atom stereocenters. The molecule has 0 saturated heterocycles. The van der Waals surface area contributed by atoms with Crippen LogP contribution in [0.4, 0.5) is 0 Å². The van der Waals surface area contributed by atoms with Crippen LogP contribution < -0.4 is 5.14 Å². The minimum atomic E-state index is -4.27. The molecule has 3 rings (SSSR count). The minimum Gasteiger partial charge on any atom is -0.274 e. The Morgan fingerprint density at radius 1 is 1.00 bits per heavy atom. The van der Waals surface area contributed by atoms with Crippen molar-refractivity contribution < 1.29 is 13.2 Å². The number of sulfonamides is 1. The number of carbonyl (C=O) groups is 1. The van der Waals surface area contributed by atoms with Crippen LogP contribution in [0.5, 0.6) is 0 Å². The lowest BCUT2D eigenvalue weighted by Gasteiger charge is -2.05. The number of hydrogen-bond donors (Lipinski definition) is 1. The maximum Gasteiger partial charge on any atom is 0.292 e. The Morgan fingerprint density at radius 3 is 2.45 bits per heavy atom. The number of rotatable bonds is 1. The van der Waals surface area contributed by atoms with E-state index >= 15 is 0 Å². The summed E-state index contributed by atoms with van der Waals surface area (Å²) in [5, 5.41) is 5.13. The van der Waals surface area contributed by atoms with E-state index in [1.165, 1.54) is 6.07 Å². The van der Waals surface area contributed by atoms with Crippen LogP contribution in [0.2, 0.25) is 0 Å². The Morgan fingerprint density at radius 2 is 1.70 bits per heavy atom. The summed E-state index contributed by atoms with van der Waals surface area (Å²) in [6.07, 6.45) is 0. The highest BCUT2D eigenvalue weighted by atomic mass is 32.2. The highest BCUT2D eigenvalue weighted by Gasteiger charge is 2.21. The molecule has 0 aliphatic rings. The molecule has 0 saturated carbocycles. The molecule has 0 aliphatic carbocycles. The molecule has 0 amide bonds. The van der Waals surface area contributed by atoms with Gasteiger partial charge in [-0.3, -0.25) is 4.79 Å². The molecule has 2 N–H and O–H groups in total. The molecule has 2 aromatic carbocycles. The van der Waals surface area contributed by atoms with Gasteiger partial charge in [-0.15, -0.1) is 0 Å². The fraction of sp³-hybridized carbons (Fsp3) is 0. The van der Waals surface area contributed by atoms with E-state index in [0.717, 1.165) is 10.9 Å². The third-order valence-electron chi connectivity index (χ3n) is 3.04. The number of para-hydroxylation sites is 1. The number of carbonyl (C=O) groups excluding carboxylic acids is 1. The summed E-state index contributed by atoms with van der Waals surface area (Å²) in [5.74, 6) is 0. The molecule has 3 aromatic rings. The van der Waals surface area contributed by atoms with Crippen LogP contribution in [0.25, 0.3) is 21.8 Å². The van der Waals surface area contributed by atoms with Crippen LogP contribution in [-0.4, -0.2) is 18.5 Å². The molecule has 0 bridgehead atoms. The second-order valence-corrected chi connectivity index (χ2v) is 5.85. The third kappa shape index (κ3) is 2.04. The molecule has 1 aromatic heterocycles. The van der Waals surface area contributed by atoms with Gasteiger partial charge in [-0.25, -0.2) is 18.5 Å². The van der Waals surface area contributed by atoms with Gasteiger partial charge in [-0.05, 0) is 24.3 Å². The molecular weight excluding hydrogens is 276 g/mol. The predicted octanol–water partition coefficient (Wildman–Crippen LogP) is 1.82. The Balaban J connectivity index is 2.39. The van der Waals surface area contributed by atoms with Crippen LogP contribution in [0, 0.1) is 0 Å². The van der Waals surface area contributed by atoms with Gasteiger partial charge >= 0.3 is 0 Å². The lowest BCUT2D eigenvalue weighted by atomic mass is 10.1. The van der Waals surface area contributed by atoms with Gasteiger partial charge < -0.3 is 0 Å². The van der Waals surface area contributed by atoms with Crippen molar-refractivity contribution in [2.45, 2.75) is 0 Å². The summed E-state index contributed by atoms with van der Waals surface area (Å²) in [4.78, 5) is 16.3. The summed E-state index contributed by atoms with van der Waals surface area (Å²) in [6, 6.07) is 13.9. The Labute approximate surface area is 115 Å². The van der Waals surface area contributed by atoms with Crippen LogP contribution >= 0.6 is 0 Å². The van der Waals surface area contributed by atoms with Crippen molar-refractivity contribution in [1.82, 2.24) is 4.98 Å². The van der Waals surface area contributed by atoms with Crippen LogP contribution in [-0.2, 0) is 10.0 Å². The number of hydrogen-bond acceptors (Lipinski definition) is 4. The van der Waals surface area contributed by atoms with Gasteiger partial charge in [-0.1, -0.05) is 24.3 Å². The van der Waals surface area contributed by atoms with Crippen molar-refractivity contribution in [3.05, 3.63) is 54.1 Å². The lowest BCUT2D eigenvalue weighted by molar-refractivity contribution is 0.107. The average molecular weight is 286 g/mol. The molecule has 0 aliphatic heterocycles. The van der Waals surface area contributed by atoms with Gasteiger partial charge in [-0.2, -0.15) is 0 Å². The van der Waals surface area contributed by atoms with E-state index in [-0.39, 0.29) is 5.56 Å². The summed E-state index contributed by atoms with van der Waals surface area (Å²) < 4.78 is 22.5. The molecule has 20 heavy (non-hydrogen) atoms. The number of nitrogens with two attached hydrogens (primary N) is 1. The molecule has 0 fully saturated rings. The van der Waals surface area contributed by atoms with E-state index in [4.69, 9.17) is 5.14 Å². The van der Waals surface area contributed by atoms with E-state index in [2.05, 4.69) is 4.98 Å². The molecule has 100 valence electrons. The summed E-state index contributed by atoms with van der Waals surface area (Å²) >= 11 is 0.